The summed E-state index contributed by atoms with van der Waals surface area (Å²) in [5.74, 6) is 0.942. The average Bonchev–Trinajstić information content (AvgIpc) is 2.46. The van der Waals surface area contributed by atoms with E-state index in [9.17, 15) is 4.79 Å². The fourth-order valence-corrected chi connectivity index (χ4v) is 2.82. The molecule has 2 rings (SSSR count). The lowest BCUT2D eigenvalue weighted by Crippen LogP contribution is -2.22. The summed E-state index contributed by atoms with van der Waals surface area (Å²) in [5.41, 5.74) is 6.94. The molecule has 1 aliphatic rings. The molecule has 1 fully saturated rings. The summed E-state index contributed by atoms with van der Waals surface area (Å²) >= 11 is 0. The van der Waals surface area contributed by atoms with E-state index in [2.05, 4.69) is 0 Å². The molecular weight excluding hydrogens is 222 g/mol. The molecule has 0 bridgehead atoms. The van der Waals surface area contributed by atoms with Crippen LogP contribution in [0.15, 0.2) is 30.3 Å². The van der Waals surface area contributed by atoms with Gasteiger partial charge in [-0.15, -0.1) is 0 Å². The summed E-state index contributed by atoms with van der Waals surface area (Å²) in [7, 11) is 0. The molecule has 0 aliphatic heterocycles. The minimum Gasteiger partial charge on any atom is -0.318 e. The summed E-state index contributed by atoms with van der Waals surface area (Å²) in [6, 6.07) is 9.25. The molecule has 0 aromatic heterocycles. The Balaban J connectivity index is 1.80. The van der Waals surface area contributed by atoms with Crippen molar-refractivity contribution in [3.05, 3.63) is 35.9 Å². The lowest BCUT2D eigenvalue weighted by Gasteiger charge is -2.21. The van der Waals surface area contributed by atoms with Crippen molar-refractivity contribution in [3.8, 4) is 0 Å². The van der Waals surface area contributed by atoms with E-state index in [4.69, 9.17) is 5.73 Å². The zero-order valence-corrected chi connectivity index (χ0v) is 11.0. The molecule has 1 aliphatic carbocycles. The molecule has 0 heterocycles. The van der Waals surface area contributed by atoms with Gasteiger partial charge in [-0.3, -0.25) is 4.79 Å². The largest absolute Gasteiger partial charge is 0.318 e. The van der Waals surface area contributed by atoms with E-state index in [1.807, 2.05) is 30.3 Å². The third-order valence-corrected chi connectivity index (χ3v) is 4.03. The molecule has 2 nitrogen and oxygen atoms in total. The molecule has 0 saturated heterocycles. The number of Topliss-reactive ketones (excluding diaryl/α,β-unsaturated/α-hetero) is 1. The van der Waals surface area contributed by atoms with Gasteiger partial charge in [-0.05, 0) is 17.9 Å². The van der Waals surface area contributed by atoms with E-state index in [1.165, 1.54) is 32.1 Å². The third kappa shape index (κ3) is 3.67. The van der Waals surface area contributed by atoms with Crippen LogP contribution >= 0.6 is 0 Å². The SMILES string of the molecule is NC(C(=O)CCC1CCCCC1)c1ccccc1. The molecule has 2 heteroatoms. The second-order valence-electron chi connectivity index (χ2n) is 5.40. The zero-order chi connectivity index (χ0) is 12.8. The molecule has 0 radical (unpaired) electrons. The van der Waals surface area contributed by atoms with Crippen LogP contribution in [0.4, 0.5) is 0 Å². The number of ketones is 1. The molecule has 0 spiro atoms. The van der Waals surface area contributed by atoms with Crippen LogP contribution in [0.1, 0.15) is 56.6 Å². The Morgan fingerprint density at radius 2 is 1.83 bits per heavy atom. The van der Waals surface area contributed by atoms with Crippen molar-refractivity contribution in [2.24, 2.45) is 11.7 Å². The lowest BCUT2D eigenvalue weighted by atomic mass is 9.85. The Kier molecular flexibility index (Phi) is 4.94. The van der Waals surface area contributed by atoms with E-state index < -0.39 is 6.04 Å². The molecule has 98 valence electrons. The summed E-state index contributed by atoms with van der Waals surface area (Å²) in [4.78, 5) is 12.1. The first-order valence-corrected chi connectivity index (χ1v) is 7.10. The molecular formula is C16H23NO. The van der Waals surface area contributed by atoms with Gasteiger partial charge in [-0.2, -0.15) is 0 Å². The van der Waals surface area contributed by atoms with Crippen molar-refractivity contribution >= 4 is 5.78 Å². The highest BCUT2D eigenvalue weighted by atomic mass is 16.1. The van der Waals surface area contributed by atoms with Gasteiger partial charge >= 0.3 is 0 Å². The van der Waals surface area contributed by atoms with Gasteiger partial charge < -0.3 is 5.73 Å². The molecule has 1 aromatic carbocycles. The van der Waals surface area contributed by atoms with Gasteiger partial charge in [0.1, 0.15) is 0 Å². The van der Waals surface area contributed by atoms with E-state index >= 15 is 0 Å². The highest BCUT2D eigenvalue weighted by Crippen LogP contribution is 2.28. The van der Waals surface area contributed by atoms with Gasteiger partial charge in [0.05, 0.1) is 6.04 Å². The minimum absolute atomic E-state index is 0.187. The number of rotatable bonds is 5. The topological polar surface area (TPSA) is 43.1 Å². The smallest absolute Gasteiger partial charge is 0.154 e. The Bertz CT molecular complexity index is 368. The normalized spacial score (nSPS) is 18.5. The molecule has 1 atom stereocenters. The first kappa shape index (κ1) is 13.3. The van der Waals surface area contributed by atoms with Gasteiger partial charge in [-0.1, -0.05) is 62.4 Å². The number of carbonyl (C=O) groups excluding carboxylic acids is 1. The number of hydrogen-bond acceptors (Lipinski definition) is 2. The minimum atomic E-state index is -0.435. The Morgan fingerprint density at radius 3 is 2.50 bits per heavy atom. The maximum absolute atomic E-state index is 12.1. The van der Waals surface area contributed by atoms with Crippen LogP contribution in [-0.4, -0.2) is 5.78 Å². The number of hydrogen-bond donors (Lipinski definition) is 1. The highest BCUT2D eigenvalue weighted by molar-refractivity contribution is 5.85. The van der Waals surface area contributed by atoms with Crippen LogP contribution in [0, 0.1) is 5.92 Å². The van der Waals surface area contributed by atoms with Gasteiger partial charge in [0.15, 0.2) is 5.78 Å². The summed E-state index contributed by atoms with van der Waals surface area (Å²) in [6.07, 6.45) is 8.31. The summed E-state index contributed by atoms with van der Waals surface area (Å²) in [5, 5.41) is 0. The molecule has 2 N–H and O–H groups in total. The Morgan fingerprint density at radius 1 is 1.17 bits per heavy atom. The van der Waals surface area contributed by atoms with Gasteiger partial charge in [0, 0.05) is 6.42 Å². The number of nitrogens with two attached hydrogens (primary N) is 1. The van der Waals surface area contributed by atoms with Crippen molar-refractivity contribution in [2.75, 3.05) is 0 Å². The van der Waals surface area contributed by atoms with Crippen LogP contribution in [-0.2, 0) is 4.79 Å². The van der Waals surface area contributed by atoms with Crippen molar-refractivity contribution in [2.45, 2.75) is 51.0 Å². The van der Waals surface area contributed by atoms with E-state index in [0.717, 1.165) is 17.9 Å². The highest BCUT2D eigenvalue weighted by Gasteiger charge is 2.19. The molecule has 18 heavy (non-hydrogen) atoms. The second kappa shape index (κ2) is 6.69. The van der Waals surface area contributed by atoms with Gasteiger partial charge in [0.25, 0.3) is 0 Å². The maximum Gasteiger partial charge on any atom is 0.154 e. The monoisotopic (exact) mass is 245 g/mol. The van der Waals surface area contributed by atoms with Crippen LogP contribution < -0.4 is 5.73 Å². The lowest BCUT2D eigenvalue weighted by molar-refractivity contribution is -0.120. The average molecular weight is 245 g/mol. The number of carbonyl (C=O) groups is 1. The van der Waals surface area contributed by atoms with E-state index in [-0.39, 0.29) is 5.78 Å². The van der Waals surface area contributed by atoms with Crippen LogP contribution in [0.5, 0.6) is 0 Å². The van der Waals surface area contributed by atoms with Crippen molar-refractivity contribution in [3.63, 3.8) is 0 Å². The van der Waals surface area contributed by atoms with Crippen LogP contribution in [0.2, 0.25) is 0 Å². The van der Waals surface area contributed by atoms with Gasteiger partial charge in [0.2, 0.25) is 0 Å². The Labute approximate surface area is 110 Å². The fraction of sp³-hybridized carbons (Fsp3) is 0.562. The third-order valence-electron chi connectivity index (χ3n) is 4.03. The molecule has 1 aromatic rings. The van der Waals surface area contributed by atoms with Crippen LogP contribution in [0.3, 0.4) is 0 Å². The second-order valence-corrected chi connectivity index (χ2v) is 5.40. The fourth-order valence-electron chi connectivity index (χ4n) is 2.82. The standard InChI is InChI=1S/C16H23NO/c17-16(14-9-5-2-6-10-14)15(18)12-11-13-7-3-1-4-8-13/h2,5-6,9-10,13,16H,1,3-4,7-8,11-12,17H2. The summed E-state index contributed by atoms with van der Waals surface area (Å²) < 4.78 is 0. The van der Waals surface area contributed by atoms with Gasteiger partial charge in [-0.25, -0.2) is 0 Å². The van der Waals surface area contributed by atoms with Crippen molar-refractivity contribution in [1.29, 1.82) is 0 Å². The maximum atomic E-state index is 12.1. The Hall–Kier alpha value is -1.15. The molecule has 1 unspecified atom stereocenters. The van der Waals surface area contributed by atoms with E-state index in [1.54, 1.807) is 0 Å². The predicted molar refractivity (Wildman–Crippen MR) is 74.2 cm³/mol. The first-order chi connectivity index (χ1) is 8.77. The first-order valence-electron chi connectivity index (χ1n) is 7.10. The zero-order valence-electron chi connectivity index (χ0n) is 11.0. The summed E-state index contributed by atoms with van der Waals surface area (Å²) in [6.45, 7) is 0. The quantitative estimate of drug-likeness (QED) is 0.861. The van der Waals surface area contributed by atoms with E-state index in [0.29, 0.717) is 6.42 Å². The van der Waals surface area contributed by atoms with Crippen molar-refractivity contribution < 1.29 is 4.79 Å². The van der Waals surface area contributed by atoms with Crippen LogP contribution in [0.25, 0.3) is 0 Å². The van der Waals surface area contributed by atoms with Crippen molar-refractivity contribution in [1.82, 2.24) is 0 Å². The molecule has 1 saturated carbocycles. The predicted octanol–water partition coefficient (Wildman–Crippen LogP) is 3.62. The molecule has 0 amide bonds. The number of benzene rings is 1.